The Hall–Kier alpha value is -3.21. The lowest BCUT2D eigenvalue weighted by Gasteiger charge is -2.20. The third-order valence-corrected chi connectivity index (χ3v) is 5.21. The number of carboxylic acid groups (broad SMARTS) is 1. The van der Waals surface area contributed by atoms with Gasteiger partial charge in [0.05, 0.1) is 23.0 Å². The molecule has 0 spiro atoms. The fourth-order valence-electron chi connectivity index (χ4n) is 2.95. The van der Waals surface area contributed by atoms with Crippen molar-refractivity contribution in [3.63, 3.8) is 0 Å². The molecule has 1 saturated carbocycles. The number of nitrogens with one attached hydrogen (secondary N) is 2. The van der Waals surface area contributed by atoms with Gasteiger partial charge in [0.25, 0.3) is 0 Å². The van der Waals surface area contributed by atoms with Gasteiger partial charge in [0, 0.05) is 6.04 Å². The van der Waals surface area contributed by atoms with Crippen LogP contribution in [-0.4, -0.2) is 42.3 Å². The Morgan fingerprint density at radius 2 is 2.07 bits per heavy atom. The molecule has 1 fully saturated rings. The van der Waals surface area contributed by atoms with Crippen LogP contribution in [0, 0.1) is 17.6 Å². The minimum absolute atomic E-state index is 0.0145. The molecule has 0 amide bonds. The van der Waals surface area contributed by atoms with Crippen molar-refractivity contribution in [2.24, 2.45) is 11.7 Å². The third kappa shape index (κ3) is 3.37. The van der Waals surface area contributed by atoms with Crippen molar-refractivity contribution >= 4 is 22.8 Å². The molecule has 1 aliphatic carbocycles. The molecular formula is C18H19F2N7O2. The van der Waals surface area contributed by atoms with E-state index in [4.69, 9.17) is 5.73 Å². The number of pyridine rings is 1. The van der Waals surface area contributed by atoms with Gasteiger partial charge in [-0.05, 0) is 32.8 Å². The lowest BCUT2D eigenvalue weighted by atomic mass is 10.0. The molecule has 0 bridgehead atoms. The van der Waals surface area contributed by atoms with Crippen molar-refractivity contribution in [1.82, 2.24) is 25.1 Å². The summed E-state index contributed by atoms with van der Waals surface area (Å²) in [6.45, 7) is 3.11. The molecule has 9 nitrogen and oxygen atoms in total. The van der Waals surface area contributed by atoms with Crippen molar-refractivity contribution in [3.8, 4) is 11.5 Å². The van der Waals surface area contributed by atoms with Crippen molar-refractivity contribution in [1.29, 1.82) is 0 Å². The maximum Gasteiger partial charge on any atom is 0.308 e. The highest BCUT2D eigenvalue weighted by atomic mass is 19.1. The van der Waals surface area contributed by atoms with Crippen LogP contribution in [0.15, 0.2) is 12.3 Å². The minimum atomic E-state index is -1.03. The molecule has 5 N–H and O–H groups in total. The zero-order valence-corrected chi connectivity index (χ0v) is 15.7. The number of fused-ring (bicyclic) bond motifs is 1. The fraction of sp³-hybridized carbons (Fsp3) is 0.389. The topological polar surface area (TPSA) is 143 Å². The highest BCUT2D eigenvalue weighted by Gasteiger charge is 2.45. The Balaban J connectivity index is 1.84. The van der Waals surface area contributed by atoms with Crippen LogP contribution in [0.3, 0.4) is 0 Å². The van der Waals surface area contributed by atoms with Gasteiger partial charge >= 0.3 is 5.97 Å². The van der Waals surface area contributed by atoms with Crippen molar-refractivity contribution < 1.29 is 18.7 Å². The number of carboxylic acids is 1. The second kappa shape index (κ2) is 6.69. The van der Waals surface area contributed by atoms with Gasteiger partial charge in [0.1, 0.15) is 17.2 Å². The highest BCUT2D eigenvalue weighted by molar-refractivity contribution is 5.88. The van der Waals surface area contributed by atoms with E-state index in [0.717, 1.165) is 6.20 Å². The maximum absolute atomic E-state index is 15.1. The second-order valence-electron chi connectivity index (χ2n) is 7.40. The Kier molecular flexibility index (Phi) is 4.41. The molecule has 152 valence electrons. The summed E-state index contributed by atoms with van der Waals surface area (Å²) in [5, 5.41) is 19.1. The summed E-state index contributed by atoms with van der Waals surface area (Å²) in [6, 6.07) is 0.603. The number of halogens is 2. The van der Waals surface area contributed by atoms with Gasteiger partial charge < -0.3 is 16.2 Å². The zero-order chi connectivity index (χ0) is 20.9. The van der Waals surface area contributed by atoms with Gasteiger partial charge in [0.15, 0.2) is 23.1 Å². The number of carbonyl (C=O) groups is 1. The molecule has 11 heteroatoms. The Morgan fingerprint density at radius 3 is 2.72 bits per heavy atom. The van der Waals surface area contributed by atoms with Crippen LogP contribution in [0.25, 0.3) is 22.6 Å². The van der Waals surface area contributed by atoms with E-state index in [-0.39, 0.29) is 23.0 Å². The SMILES string of the molecule is C[C@H](Nc1nc(-c2n[nH]c3ncc(F)cc23)nc(C2(N)CC2)c1F)[C@H](C)C(=O)O. The predicted molar refractivity (Wildman–Crippen MR) is 99.8 cm³/mol. The van der Waals surface area contributed by atoms with E-state index in [9.17, 15) is 14.3 Å². The van der Waals surface area contributed by atoms with Crippen LogP contribution in [-0.2, 0) is 10.3 Å². The largest absolute Gasteiger partial charge is 0.481 e. The van der Waals surface area contributed by atoms with E-state index in [1.54, 1.807) is 6.92 Å². The zero-order valence-electron chi connectivity index (χ0n) is 15.7. The quantitative estimate of drug-likeness (QED) is 0.490. The Labute approximate surface area is 163 Å². The van der Waals surface area contributed by atoms with Crippen LogP contribution < -0.4 is 11.1 Å². The first-order valence-electron chi connectivity index (χ1n) is 9.06. The monoisotopic (exact) mass is 403 g/mol. The lowest BCUT2D eigenvalue weighted by Crippen LogP contribution is -2.31. The normalized spacial score (nSPS) is 17.1. The van der Waals surface area contributed by atoms with E-state index in [1.165, 1.54) is 13.0 Å². The molecule has 3 aromatic heterocycles. The second-order valence-corrected chi connectivity index (χ2v) is 7.40. The molecule has 3 heterocycles. The van der Waals surface area contributed by atoms with Gasteiger partial charge in [-0.3, -0.25) is 9.89 Å². The summed E-state index contributed by atoms with van der Waals surface area (Å²) >= 11 is 0. The number of aliphatic carboxylic acids is 1. The maximum atomic E-state index is 15.1. The van der Waals surface area contributed by atoms with Crippen molar-refractivity contribution in [3.05, 3.63) is 29.6 Å². The fourth-order valence-corrected chi connectivity index (χ4v) is 2.95. The summed E-state index contributed by atoms with van der Waals surface area (Å²) in [5.74, 6) is -3.27. The molecule has 4 rings (SSSR count). The van der Waals surface area contributed by atoms with Crippen LogP contribution >= 0.6 is 0 Å². The van der Waals surface area contributed by atoms with Crippen molar-refractivity contribution in [2.75, 3.05) is 5.32 Å². The van der Waals surface area contributed by atoms with E-state index in [1.807, 2.05) is 0 Å². The minimum Gasteiger partial charge on any atom is -0.481 e. The summed E-state index contributed by atoms with van der Waals surface area (Å²) < 4.78 is 28.8. The molecule has 2 atom stereocenters. The van der Waals surface area contributed by atoms with E-state index in [2.05, 4.69) is 30.5 Å². The first-order valence-corrected chi connectivity index (χ1v) is 9.06. The molecule has 3 aromatic rings. The molecule has 0 aliphatic heterocycles. The molecule has 0 radical (unpaired) electrons. The van der Waals surface area contributed by atoms with E-state index < -0.39 is 35.1 Å². The number of rotatable bonds is 6. The van der Waals surface area contributed by atoms with Crippen LogP contribution in [0.4, 0.5) is 14.6 Å². The number of nitrogens with two attached hydrogens (primary N) is 1. The number of hydrogen-bond donors (Lipinski definition) is 4. The average Bonchev–Trinajstić information content (AvgIpc) is 3.29. The van der Waals surface area contributed by atoms with Crippen molar-refractivity contribution in [2.45, 2.75) is 38.3 Å². The number of nitrogens with zero attached hydrogens (tertiary/aromatic N) is 4. The summed E-state index contributed by atoms with van der Waals surface area (Å²) in [4.78, 5) is 23.6. The third-order valence-electron chi connectivity index (χ3n) is 5.21. The molecule has 0 unspecified atom stereocenters. The van der Waals surface area contributed by atoms with E-state index in [0.29, 0.717) is 23.9 Å². The van der Waals surface area contributed by atoms with E-state index >= 15 is 4.39 Å². The first kappa shape index (κ1) is 19.1. The van der Waals surface area contributed by atoms with Gasteiger partial charge in [-0.15, -0.1) is 0 Å². The van der Waals surface area contributed by atoms with Gasteiger partial charge in [-0.2, -0.15) is 5.10 Å². The molecule has 1 aliphatic rings. The first-order chi connectivity index (χ1) is 13.7. The summed E-state index contributed by atoms with van der Waals surface area (Å²) in [5.41, 5.74) is 5.80. The lowest BCUT2D eigenvalue weighted by molar-refractivity contribution is -0.141. The number of aromatic nitrogens is 5. The smallest absolute Gasteiger partial charge is 0.308 e. The highest BCUT2D eigenvalue weighted by Crippen LogP contribution is 2.44. The summed E-state index contributed by atoms with van der Waals surface area (Å²) in [6.07, 6.45) is 2.15. The number of hydrogen-bond acceptors (Lipinski definition) is 7. The Bertz CT molecular complexity index is 1110. The predicted octanol–water partition coefficient (Wildman–Crippen LogP) is 2.16. The molecular weight excluding hydrogens is 384 g/mol. The molecule has 29 heavy (non-hydrogen) atoms. The molecule has 0 aromatic carbocycles. The van der Waals surface area contributed by atoms with Gasteiger partial charge in [0.2, 0.25) is 0 Å². The van der Waals surface area contributed by atoms with Crippen LogP contribution in [0.5, 0.6) is 0 Å². The van der Waals surface area contributed by atoms with Crippen LogP contribution in [0.1, 0.15) is 32.4 Å². The number of anilines is 1. The number of aromatic amines is 1. The van der Waals surface area contributed by atoms with Gasteiger partial charge in [-0.1, -0.05) is 0 Å². The van der Waals surface area contributed by atoms with Crippen LogP contribution in [0.2, 0.25) is 0 Å². The Morgan fingerprint density at radius 1 is 1.34 bits per heavy atom. The number of H-pyrrole nitrogens is 1. The summed E-state index contributed by atoms with van der Waals surface area (Å²) in [7, 11) is 0. The molecule has 0 saturated heterocycles. The average molecular weight is 403 g/mol. The standard InChI is InChI=1S/C18H19F2N7O2/c1-7(17(28)29)8(2)23-15-11(20)13(18(21)3-4-18)24-16(25-15)12-10-5-9(19)6-22-14(10)27-26-12/h5-8H,3-4,21H2,1-2H3,(H,28,29)(H,22,26,27)(H,23,24,25)/t7-,8-/m0/s1. The van der Waals surface area contributed by atoms with Gasteiger partial charge in [-0.25, -0.2) is 23.7 Å².